The summed E-state index contributed by atoms with van der Waals surface area (Å²) in [5, 5.41) is 8.88. The Bertz CT molecular complexity index is 328. The van der Waals surface area contributed by atoms with E-state index in [1.807, 2.05) is 0 Å². The first-order chi connectivity index (χ1) is 9.86. The predicted octanol–water partition coefficient (Wildman–Crippen LogP) is -1.16. The van der Waals surface area contributed by atoms with Crippen LogP contribution >= 0.6 is 16.1 Å². The average Bonchev–Trinajstić information content (AvgIpc) is 2.42. The molecular weight excluding hydrogens is 320 g/mol. The molecule has 0 bridgehead atoms. The maximum absolute atomic E-state index is 11.0. The van der Waals surface area contributed by atoms with E-state index in [1.54, 1.807) is 14.7 Å². The molecule has 2 atom stereocenters. The van der Waals surface area contributed by atoms with Crippen molar-refractivity contribution in [2.75, 3.05) is 58.4 Å². The molecule has 9 nitrogen and oxygen atoms in total. The standard InChI is InChI=1S/C10H23N3O6P2/c14-10(15)7-11-1-3-12(8-20(16)17)5-6-13(4-2-11)9-21(18)19/h20-21H,1-9H2,(H,14,15)(H,16,17)(H,18,19). The monoisotopic (exact) mass is 343 g/mol. The molecule has 1 aliphatic rings. The number of aliphatic carboxylic acids is 1. The van der Waals surface area contributed by atoms with E-state index >= 15 is 0 Å². The molecule has 0 radical (unpaired) electrons. The van der Waals surface area contributed by atoms with Gasteiger partial charge in [-0.2, -0.15) is 0 Å². The summed E-state index contributed by atoms with van der Waals surface area (Å²) in [5.74, 6) is -0.932. The molecule has 0 aliphatic carbocycles. The first-order valence-corrected chi connectivity index (χ1v) is 9.82. The lowest BCUT2D eigenvalue weighted by atomic mass is 10.4. The van der Waals surface area contributed by atoms with Crippen molar-refractivity contribution in [3.8, 4) is 0 Å². The summed E-state index contributed by atoms with van der Waals surface area (Å²) < 4.78 is 22.0. The molecule has 1 saturated heterocycles. The van der Waals surface area contributed by atoms with Crippen LogP contribution in [0.4, 0.5) is 0 Å². The van der Waals surface area contributed by atoms with Crippen LogP contribution in [0, 0.1) is 0 Å². The Balaban J connectivity index is 2.68. The van der Waals surface area contributed by atoms with Crippen molar-refractivity contribution in [3.63, 3.8) is 0 Å². The van der Waals surface area contributed by atoms with Gasteiger partial charge in [0.25, 0.3) is 0 Å². The Morgan fingerprint density at radius 3 is 1.43 bits per heavy atom. The minimum absolute atomic E-state index is 0.0632. The lowest BCUT2D eigenvalue weighted by Gasteiger charge is -2.23. The zero-order valence-electron chi connectivity index (χ0n) is 11.8. The van der Waals surface area contributed by atoms with Crippen molar-refractivity contribution >= 4 is 22.0 Å². The van der Waals surface area contributed by atoms with E-state index in [2.05, 4.69) is 0 Å². The fraction of sp³-hybridized carbons (Fsp3) is 0.900. The van der Waals surface area contributed by atoms with E-state index in [-0.39, 0.29) is 19.1 Å². The van der Waals surface area contributed by atoms with Crippen molar-refractivity contribution in [2.45, 2.75) is 0 Å². The number of carboxylic acids is 1. The van der Waals surface area contributed by atoms with E-state index in [1.165, 1.54) is 0 Å². The minimum atomic E-state index is -2.64. The molecule has 0 spiro atoms. The van der Waals surface area contributed by atoms with Crippen LogP contribution in [-0.2, 0) is 13.9 Å². The van der Waals surface area contributed by atoms with Gasteiger partial charge in [0.2, 0.25) is 16.1 Å². The zero-order valence-corrected chi connectivity index (χ0v) is 13.8. The topological polar surface area (TPSA) is 122 Å². The molecule has 3 N–H and O–H groups in total. The number of carboxylic acid groups (broad SMARTS) is 1. The van der Waals surface area contributed by atoms with Gasteiger partial charge >= 0.3 is 5.97 Å². The molecule has 11 heteroatoms. The van der Waals surface area contributed by atoms with Crippen molar-refractivity contribution in [1.82, 2.24) is 14.7 Å². The number of hydrogen-bond acceptors (Lipinski definition) is 6. The van der Waals surface area contributed by atoms with Crippen LogP contribution in [-0.4, -0.2) is 93.9 Å². The van der Waals surface area contributed by atoms with Crippen molar-refractivity contribution in [1.29, 1.82) is 0 Å². The molecule has 124 valence electrons. The SMILES string of the molecule is O=C(O)CN1CCN(C[PH](=O)O)CCN(C[PH](=O)O)CC1. The third kappa shape index (κ3) is 8.68. The molecular formula is C10H23N3O6P2. The summed E-state index contributed by atoms with van der Waals surface area (Å²) in [6, 6.07) is 0. The number of carbonyl (C=O) groups is 1. The molecule has 21 heavy (non-hydrogen) atoms. The van der Waals surface area contributed by atoms with Gasteiger partial charge in [-0.3, -0.25) is 28.6 Å². The van der Waals surface area contributed by atoms with Crippen LogP contribution in [0.5, 0.6) is 0 Å². The highest BCUT2D eigenvalue weighted by Crippen LogP contribution is 2.18. The highest BCUT2D eigenvalue weighted by atomic mass is 31.1. The highest BCUT2D eigenvalue weighted by molar-refractivity contribution is 7.38. The number of nitrogens with zero attached hydrogens (tertiary/aromatic N) is 3. The summed E-state index contributed by atoms with van der Waals surface area (Å²) in [6.07, 6.45) is 0.126. The van der Waals surface area contributed by atoms with Crippen LogP contribution in [0.15, 0.2) is 0 Å². The van der Waals surface area contributed by atoms with Gasteiger partial charge < -0.3 is 14.9 Å². The number of hydrogen-bond donors (Lipinski definition) is 3. The molecule has 0 saturated carbocycles. The van der Waals surface area contributed by atoms with Gasteiger partial charge in [0.1, 0.15) is 0 Å². The zero-order chi connectivity index (χ0) is 15.8. The van der Waals surface area contributed by atoms with E-state index < -0.39 is 22.0 Å². The quantitative estimate of drug-likeness (QED) is 0.513. The van der Waals surface area contributed by atoms with Crippen LogP contribution in [0.3, 0.4) is 0 Å². The maximum Gasteiger partial charge on any atom is 0.317 e. The van der Waals surface area contributed by atoms with E-state index in [4.69, 9.17) is 14.9 Å². The van der Waals surface area contributed by atoms with Gasteiger partial charge in [0.05, 0.1) is 19.1 Å². The molecule has 1 fully saturated rings. The fourth-order valence-corrected chi connectivity index (χ4v) is 3.63. The minimum Gasteiger partial charge on any atom is -0.480 e. The van der Waals surface area contributed by atoms with E-state index in [0.717, 1.165) is 0 Å². The summed E-state index contributed by atoms with van der Waals surface area (Å²) >= 11 is 0. The average molecular weight is 343 g/mol. The third-order valence-electron chi connectivity index (χ3n) is 3.27. The first-order valence-electron chi connectivity index (χ1n) is 6.69. The Morgan fingerprint density at radius 1 is 0.810 bits per heavy atom. The first kappa shape index (κ1) is 18.8. The van der Waals surface area contributed by atoms with Crippen LogP contribution in [0.1, 0.15) is 0 Å². The summed E-state index contributed by atoms with van der Waals surface area (Å²) in [6.45, 7) is 2.93. The maximum atomic E-state index is 11.0. The van der Waals surface area contributed by atoms with Crippen molar-refractivity contribution in [3.05, 3.63) is 0 Å². The third-order valence-corrected chi connectivity index (χ3v) is 4.71. The van der Waals surface area contributed by atoms with Gasteiger partial charge in [0.15, 0.2) is 0 Å². The van der Waals surface area contributed by atoms with E-state index in [9.17, 15) is 13.9 Å². The molecule has 1 heterocycles. The lowest BCUT2D eigenvalue weighted by Crippen LogP contribution is -2.39. The van der Waals surface area contributed by atoms with Gasteiger partial charge in [-0.05, 0) is 0 Å². The smallest absolute Gasteiger partial charge is 0.317 e. The fourth-order valence-electron chi connectivity index (χ4n) is 2.23. The molecule has 1 rings (SSSR count). The molecule has 0 aromatic carbocycles. The van der Waals surface area contributed by atoms with Gasteiger partial charge in [-0.25, -0.2) is 0 Å². The van der Waals surface area contributed by atoms with Crippen LogP contribution in [0.25, 0.3) is 0 Å². The summed E-state index contributed by atoms with van der Waals surface area (Å²) in [7, 11) is -5.27. The predicted molar refractivity (Wildman–Crippen MR) is 79.4 cm³/mol. The summed E-state index contributed by atoms with van der Waals surface area (Å²) in [5.41, 5.74) is 0. The molecule has 0 amide bonds. The largest absolute Gasteiger partial charge is 0.480 e. The van der Waals surface area contributed by atoms with Crippen molar-refractivity contribution in [2.24, 2.45) is 0 Å². The second-order valence-electron chi connectivity index (χ2n) is 5.01. The van der Waals surface area contributed by atoms with Crippen molar-refractivity contribution < 1.29 is 28.8 Å². The number of rotatable bonds is 6. The molecule has 0 aromatic rings. The summed E-state index contributed by atoms with van der Waals surface area (Å²) in [4.78, 5) is 34.3. The molecule has 2 unspecified atom stereocenters. The van der Waals surface area contributed by atoms with Crippen LogP contribution < -0.4 is 0 Å². The van der Waals surface area contributed by atoms with Crippen LogP contribution in [0.2, 0.25) is 0 Å². The Morgan fingerprint density at radius 2 is 1.14 bits per heavy atom. The second-order valence-corrected chi connectivity index (χ2v) is 7.22. The van der Waals surface area contributed by atoms with Gasteiger partial charge in [0, 0.05) is 39.3 Å². The highest BCUT2D eigenvalue weighted by Gasteiger charge is 2.19. The Labute approximate surface area is 124 Å². The molecule has 0 aromatic heterocycles. The Kier molecular flexibility index (Phi) is 8.66. The molecule has 1 aliphatic heterocycles. The van der Waals surface area contributed by atoms with Gasteiger partial charge in [-0.15, -0.1) is 0 Å². The Hall–Kier alpha value is -0.270. The van der Waals surface area contributed by atoms with E-state index in [0.29, 0.717) is 39.3 Å². The normalized spacial score (nSPS) is 23.0. The lowest BCUT2D eigenvalue weighted by molar-refractivity contribution is -0.138. The second kappa shape index (κ2) is 9.69. The van der Waals surface area contributed by atoms with Gasteiger partial charge in [-0.1, -0.05) is 0 Å².